The molecule has 1 aliphatic heterocycles. The smallest absolute Gasteiger partial charge is 0.256 e. The summed E-state index contributed by atoms with van der Waals surface area (Å²) in [7, 11) is 0. The monoisotopic (exact) mass is 283 g/mol. The van der Waals surface area contributed by atoms with Crippen LogP contribution in [-0.2, 0) is 14.3 Å². The number of nitrogens with zero attached hydrogens (tertiary/aromatic N) is 1. The predicted octanol–water partition coefficient (Wildman–Crippen LogP) is 2.04. The van der Waals surface area contributed by atoms with Crippen LogP contribution in [0.1, 0.15) is 20.8 Å². The molecule has 1 amide bonds. The zero-order chi connectivity index (χ0) is 13.1. The van der Waals surface area contributed by atoms with Crippen molar-refractivity contribution in [2.75, 3.05) is 26.3 Å². The third-order valence-corrected chi connectivity index (χ3v) is 2.94. The maximum atomic E-state index is 11.6. The molecule has 0 atom stereocenters. The van der Waals surface area contributed by atoms with Crippen molar-refractivity contribution >= 4 is 29.1 Å². The van der Waals surface area contributed by atoms with Gasteiger partial charge in [-0.15, -0.1) is 0 Å². The molecule has 1 fully saturated rings. The Balaban J connectivity index is 2.45. The van der Waals surface area contributed by atoms with E-state index in [-0.39, 0.29) is 17.6 Å². The van der Waals surface area contributed by atoms with Gasteiger partial charge in [0, 0.05) is 12.0 Å². The van der Waals surface area contributed by atoms with Crippen LogP contribution in [0.25, 0.3) is 0 Å². The van der Waals surface area contributed by atoms with E-state index in [4.69, 9.17) is 32.7 Å². The van der Waals surface area contributed by atoms with Crippen molar-refractivity contribution in [2.24, 2.45) is 5.41 Å². The van der Waals surface area contributed by atoms with Crippen molar-refractivity contribution in [1.29, 1.82) is 0 Å². The standard InChI is InChI=1S/C11H19Cl2NO3/c1-4-14(10(15)9(12)13)5-8-16-6-11(2,3)7-17-8/h8-9H,4-7H2,1-3H3. The minimum Gasteiger partial charge on any atom is -0.350 e. The van der Waals surface area contributed by atoms with Gasteiger partial charge in [-0.25, -0.2) is 0 Å². The number of hydrogen-bond donors (Lipinski definition) is 0. The lowest BCUT2D eigenvalue weighted by molar-refractivity contribution is -0.226. The van der Waals surface area contributed by atoms with Crippen molar-refractivity contribution in [1.82, 2.24) is 4.90 Å². The third kappa shape index (κ3) is 4.62. The van der Waals surface area contributed by atoms with Crippen LogP contribution in [0.4, 0.5) is 0 Å². The molecule has 1 heterocycles. The Morgan fingerprint density at radius 3 is 2.35 bits per heavy atom. The number of amides is 1. The summed E-state index contributed by atoms with van der Waals surface area (Å²) in [5.41, 5.74) is 0.0268. The minimum atomic E-state index is -1.03. The summed E-state index contributed by atoms with van der Waals surface area (Å²) in [6.07, 6.45) is -0.390. The summed E-state index contributed by atoms with van der Waals surface area (Å²) in [6, 6.07) is 0. The van der Waals surface area contributed by atoms with Gasteiger partial charge in [0.2, 0.25) is 0 Å². The number of ether oxygens (including phenoxy) is 2. The van der Waals surface area contributed by atoms with Gasteiger partial charge in [-0.05, 0) is 6.92 Å². The van der Waals surface area contributed by atoms with Crippen LogP contribution in [0.5, 0.6) is 0 Å². The van der Waals surface area contributed by atoms with Crippen molar-refractivity contribution in [2.45, 2.75) is 31.9 Å². The van der Waals surface area contributed by atoms with E-state index < -0.39 is 4.84 Å². The Hall–Kier alpha value is -0.0300. The summed E-state index contributed by atoms with van der Waals surface area (Å²) in [6.45, 7) is 8.13. The maximum absolute atomic E-state index is 11.6. The molecule has 0 aliphatic carbocycles. The molecule has 6 heteroatoms. The van der Waals surface area contributed by atoms with Crippen LogP contribution >= 0.6 is 23.2 Å². The van der Waals surface area contributed by atoms with E-state index in [1.807, 2.05) is 6.92 Å². The average Bonchev–Trinajstić information content (AvgIpc) is 2.26. The normalized spacial score (nSPS) is 20.6. The molecule has 4 nitrogen and oxygen atoms in total. The largest absolute Gasteiger partial charge is 0.350 e. The van der Waals surface area contributed by atoms with E-state index in [2.05, 4.69) is 13.8 Å². The summed E-state index contributed by atoms with van der Waals surface area (Å²) >= 11 is 11.1. The Morgan fingerprint density at radius 1 is 1.41 bits per heavy atom. The lowest BCUT2D eigenvalue weighted by atomic mass is 9.96. The highest BCUT2D eigenvalue weighted by molar-refractivity contribution is 6.53. The van der Waals surface area contributed by atoms with Crippen molar-refractivity contribution in [3.05, 3.63) is 0 Å². The van der Waals surface area contributed by atoms with Gasteiger partial charge < -0.3 is 14.4 Å². The Bertz CT molecular complexity index is 261. The molecule has 0 bridgehead atoms. The van der Waals surface area contributed by atoms with Crippen LogP contribution in [0.3, 0.4) is 0 Å². The first kappa shape index (κ1) is 15.0. The zero-order valence-electron chi connectivity index (χ0n) is 10.4. The lowest BCUT2D eigenvalue weighted by Crippen LogP contribution is -2.46. The average molecular weight is 284 g/mol. The highest BCUT2D eigenvalue weighted by Gasteiger charge is 2.30. The van der Waals surface area contributed by atoms with Crippen molar-refractivity contribution in [3.63, 3.8) is 0 Å². The van der Waals surface area contributed by atoms with E-state index in [0.717, 1.165) is 0 Å². The number of rotatable bonds is 4. The van der Waals surface area contributed by atoms with Crippen LogP contribution < -0.4 is 0 Å². The van der Waals surface area contributed by atoms with Crippen LogP contribution in [0.15, 0.2) is 0 Å². The topological polar surface area (TPSA) is 38.8 Å². The molecule has 0 spiro atoms. The summed E-state index contributed by atoms with van der Waals surface area (Å²) in [4.78, 5) is 12.1. The Kier molecular flexibility index (Phi) is 5.51. The van der Waals surface area contributed by atoms with Gasteiger partial charge in [0.15, 0.2) is 11.1 Å². The van der Waals surface area contributed by atoms with Crippen LogP contribution in [0, 0.1) is 5.41 Å². The second-order valence-electron chi connectivity index (χ2n) is 4.89. The third-order valence-electron chi connectivity index (χ3n) is 2.57. The Labute approximate surface area is 112 Å². The second-order valence-corrected chi connectivity index (χ2v) is 5.99. The fourth-order valence-electron chi connectivity index (χ4n) is 1.53. The Morgan fingerprint density at radius 2 is 1.94 bits per heavy atom. The lowest BCUT2D eigenvalue weighted by Gasteiger charge is -2.36. The number of hydrogen-bond acceptors (Lipinski definition) is 3. The molecular weight excluding hydrogens is 265 g/mol. The molecule has 1 saturated heterocycles. The SMILES string of the molecule is CCN(CC1OCC(C)(C)CO1)C(=O)C(Cl)Cl. The van der Waals surface area contributed by atoms with E-state index >= 15 is 0 Å². The fourth-order valence-corrected chi connectivity index (χ4v) is 1.80. The molecule has 100 valence electrons. The van der Waals surface area contributed by atoms with E-state index in [9.17, 15) is 4.79 Å². The van der Waals surface area contributed by atoms with E-state index in [0.29, 0.717) is 26.3 Å². The van der Waals surface area contributed by atoms with Crippen molar-refractivity contribution < 1.29 is 14.3 Å². The number of carbonyl (C=O) groups excluding carboxylic acids is 1. The molecule has 17 heavy (non-hydrogen) atoms. The molecule has 1 rings (SSSR count). The zero-order valence-corrected chi connectivity index (χ0v) is 11.9. The molecule has 0 saturated carbocycles. The first-order valence-corrected chi connectivity index (χ1v) is 6.53. The first-order valence-electron chi connectivity index (χ1n) is 5.66. The molecule has 0 aromatic rings. The highest BCUT2D eigenvalue weighted by atomic mass is 35.5. The molecule has 0 radical (unpaired) electrons. The van der Waals surface area contributed by atoms with Gasteiger partial charge in [-0.3, -0.25) is 4.79 Å². The van der Waals surface area contributed by atoms with Gasteiger partial charge in [0.25, 0.3) is 5.91 Å². The number of halogens is 2. The maximum Gasteiger partial charge on any atom is 0.256 e. The molecule has 1 aliphatic rings. The van der Waals surface area contributed by atoms with Gasteiger partial charge >= 0.3 is 0 Å². The molecule has 0 N–H and O–H groups in total. The number of carbonyl (C=O) groups is 1. The summed E-state index contributed by atoms with van der Waals surface area (Å²) in [5, 5.41) is 0. The summed E-state index contributed by atoms with van der Waals surface area (Å²) in [5.74, 6) is -0.312. The van der Waals surface area contributed by atoms with Crippen LogP contribution in [0.2, 0.25) is 0 Å². The number of likely N-dealkylation sites (N-methyl/N-ethyl adjacent to an activating group) is 1. The quantitative estimate of drug-likeness (QED) is 0.742. The predicted molar refractivity (Wildman–Crippen MR) is 67.2 cm³/mol. The van der Waals surface area contributed by atoms with Gasteiger partial charge in [-0.2, -0.15) is 0 Å². The molecule has 0 aromatic carbocycles. The van der Waals surface area contributed by atoms with Crippen LogP contribution in [-0.4, -0.2) is 48.2 Å². The summed E-state index contributed by atoms with van der Waals surface area (Å²) < 4.78 is 11.1. The molecule has 0 unspecified atom stereocenters. The van der Waals surface area contributed by atoms with E-state index in [1.54, 1.807) is 0 Å². The van der Waals surface area contributed by atoms with Gasteiger partial charge in [0.1, 0.15) is 0 Å². The number of alkyl halides is 2. The van der Waals surface area contributed by atoms with E-state index in [1.165, 1.54) is 4.90 Å². The van der Waals surface area contributed by atoms with Gasteiger partial charge in [0.05, 0.1) is 19.8 Å². The first-order chi connectivity index (χ1) is 7.85. The molecular formula is C11H19Cl2NO3. The minimum absolute atomic E-state index is 0.0268. The fraction of sp³-hybridized carbons (Fsp3) is 0.909. The van der Waals surface area contributed by atoms with Crippen molar-refractivity contribution in [3.8, 4) is 0 Å². The highest BCUT2D eigenvalue weighted by Crippen LogP contribution is 2.23. The molecule has 0 aromatic heterocycles. The second kappa shape index (κ2) is 6.23. The van der Waals surface area contributed by atoms with Gasteiger partial charge in [-0.1, -0.05) is 37.0 Å².